The quantitative estimate of drug-likeness (QED) is 0.488. The van der Waals surface area contributed by atoms with Crippen LogP contribution in [0, 0.1) is 0 Å². The minimum atomic E-state index is 0.641. The molecule has 3 rings (SSSR count). The summed E-state index contributed by atoms with van der Waals surface area (Å²) in [7, 11) is 0. The zero-order valence-electron chi connectivity index (χ0n) is 11.6. The fraction of sp³-hybridized carbons (Fsp3) is 0.600. The molecular weight excluding hydrogens is 367 g/mol. The fourth-order valence-corrected chi connectivity index (χ4v) is 3.40. The number of halogens is 1. The van der Waals surface area contributed by atoms with Gasteiger partial charge in [0.25, 0.3) is 0 Å². The van der Waals surface area contributed by atoms with Gasteiger partial charge in [0.05, 0.1) is 4.55 Å². The third-order valence-electron chi connectivity index (χ3n) is 3.96. The summed E-state index contributed by atoms with van der Waals surface area (Å²) in [5.41, 5.74) is 1.27. The number of benzene rings is 1. The Morgan fingerprint density at radius 3 is 2.65 bits per heavy atom. The molecule has 0 spiro atoms. The minimum Gasteiger partial charge on any atom is -0.486 e. The first kappa shape index (κ1) is 14.4. The van der Waals surface area contributed by atoms with Crippen molar-refractivity contribution in [1.82, 2.24) is 10.2 Å². The number of ether oxygens (including phenoxy) is 2. The molecule has 2 aliphatic heterocycles. The first-order valence-corrected chi connectivity index (χ1v) is 8.78. The average Bonchev–Trinajstić information content (AvgIpc) is 2.53. The molecular formula is C15H21IN2O2. The van der Waals surface area contributed by atoms with Crippen molar-refractivity contribution in [3.8, 4) is 11.5 Å². The van der Waals surface area contributed by atoms with Crippen LogP contribution in [-0.2, 0) is 6.54 Å². The molecule has 5 heteroatoms. The Morgan fingerprint density at radius 1 is 1.15 bits per heavy atom. The lowest BCUT2D eigenvalue weighted by Crippen LogP contribution is -2.41. The summed E-state index contributed by atoms with van der Waals surface area (Å²) in [6.07, 6.45) is 2.49. The second kappa shape index (κ2) is 6.95. The number of alkyl halides is 1. The molecule has 1 aromatic rings. The maximum atomic E-state index is 5.62. The summed E-state index contributed by atoms with van der Waals surface area (Å²) in [4.78, 5) is 2.50. The number of hydrogen-bond acceptors (Lipinski definition) is 4. The first-order valence-electron chi connectivity index (χ1n) is 7.25. The van der Waals surface area contributed by atoms with Crippen LogP contribution in [0.2, 0.25) is 0 Å². The molecule has 1 fully saturated rings. The number of rotatable bonds is 4. The summed E-state index contributed by atoms with van der Waals surface area (Å²) >= 11 is 2.44. The molecule has 0 bridgehead atoms. The maximum absolute atomic E-state index is 5.62. The Hall–Kier alpha value is -0.530. The number of piperidine rings is 1. The van der Waals surface area contributed by atoms with Gasteiger partial charge in [0.1, 0.15) is 13.2 Å². The van der Waals surface area contributed by atoms with Gasteiger partial charge in [0.2, 0.25) is 0 Å². The van der Waals surface area contributed by atoms with Gasteiger partial charge in [-0.2, -0.15) is 0 Å². The number of nitrogens with one attached hydrogen (secondary N) is 1. The average molecular weight is 388 g/mol. The molecule has 0 saturated carbocycles. The fourth-order valence-electron chi connectivity index (χ4n) is 2.72. The predicted molar refractivity (Wildman–Crippen MR) is 87.8 cm³/mol. The summed E-state index contributed by atoms with van der Waals surface area (Å²) in [5, 5.41) is 3.66. The van der Waals surface area contributed by atoms with E-state index in [4.69, 9.17) is 9.47 Å². The van der Waals surface area contributed by atoms with Crippen LogP contribution in [0.1, 0.15) is 18.4 Å². The van der Waals surface area contributed by atoms with Crippen LogP contribution in [0.5, 0.6) is 11.5 Å². The summed E-state index contributed by atoms with van der Waals surface area (Å²) < 4.78 is 12.3. The highest BCUT2D eigenvalue weighted by molar-refractivity contribution is 14.1. The smallest absolute Gasteiger partial charge is 0.161 e. The molecule has 0 amide bonds. The van der Waals surface area contributed by atoms with E-state index in [2.05, 4.69) is 44.9 Å². The summed E-state index contributed by atoms with van der Waals surface area (Å²) in [6.45, 7) is 4.63. The third-order valence-corrected chi connectivity index (χ3v) is 4.92. The number of fused-ring (bicyclic) bond motifs is 1. The Kier molecular flexibility index (Phi) is 5.01. The van der Waals surface area contributed by atoms with Crippen molar-refractivity contribution in [1.29, 1.82) is 0 Å². The molecule has 4 nitrogen and oxygen atoms in total. The van der Waals surface area contributed by atoms with Crippen LogP contribution in [0.15, 0.2) is 18.2 Å². The Labute approximate surface area is 134 Å². The van der Waals surface area contributed by atoms with Crippen LogP contribution in [0.25, 0.3) is 0 Å². The van der Waals surface area contributed by atoms with Crippen LogP contribution >= 0.6 is 22.6 Å². The molecule has 1 aromatic carbocycles. The van der Waals surface area contributed by atoms with E-state index >= 15 is 0 Å². The monoisotopic (exact) mass is 388 g/mol. The lowest BCUT2D eigenvalue weighted by molar-refractivity contribution is 0.171. The summed E-state index contributed by atoms with van der Waals surface area (Å²) in [5.74, 6) is 1.76. The van der Waals surface area contributed by atoms with Crippen LogP contribution in [0.3, 0.4) is 0 Å². The molecule has 2 heterocycles. The van der Waals surface area contributed by atoms with Crippen LogP contribution in [-0.4, -0.2) is 41.8 Å². The Balaban J connectivity index is 1.51. The van der Waals surface area contributed by atoms with Gasteiger partial charge in [0.15, 0.2) is 11.5 Å². The van der Waals surface area contributed by atoms with E-state index in [1.54, 1.807) is 0 Å². The standard InChI is InChI=1S/C15H21IN2O2/c16-11-18-5-3-13(4-6-18)17-10-12-1-2-14-15(9-12)20-8-7-19-14/h1-2,9,13,17H,3-8,10-11H2. The van der Waals surface area contributed by atoms with Crippen LogP contribution < -0.4 is 14.8 Å². The molecule has 2 aliphatic rings. The molecule has 0 unspecified atom stereocenters. The van der Waals surface area contributed by atoms with Gasteiger partial charge in [0, 0.05) is 25.7 Å². The Morgan fingerprint density at radius 2 is 1.90 bits per heavy atom. The Bertz CT molecular complexity index is 447. The van der Waals surface area contributed by atoms with E-state index in [0.717, 1.165) is 22.6 Å². The normalized spacial score (nSPS) is 20.1. The van der Waals surface area contributed by atoms with Gasteiger partial charge >= 0.3 is 0 Å². The van der Waals surface area contributed by atoms with Crippen molar-refractivity contribution in [2.24, 2.45) is 0 Å². The van der Waals surface area contributed by atoms with Gasteiger partial charge in [-0.15, -0.1) is 0 Å². The second-order valence-corrected chi connectivity index (χ2v) is 6.05. The largest absolute Gasteiger partial charge is 0.486 e. The molecule has 0 atom stereocenters. The highest BCUT2D eigenvalue weighted by atomic mass is 127. The topological polar surface area (TPSA) is 33.7 Å². The lowest BCUT2D eigenvalue weighted by Gasteiger charge is -2.31. The molecule has 0 aliphatic carbocycles. The van der Waals surface area contributed by atoms with Gasteiger partial charge < -0.3 is 14.8 Å². The van der Waals surface area contributed by atoms with Gasteiger partial charge in [-0.1, -0.05) is 28.7 Å². The molecule has 1 N–H and O–H groups in total. The van der Waals surface area contributed by atoms with E-state index in [0.29, 0.717) is 19.3 Å². The zero-order valence-corrected chi connectivity index (χ0v) is 13.8. The molecule has 0 aromatic heterocycles. The van der Waals surface area contributed by atoms with E-state index in [1.165, 1.54) is 31.5 Å². The van der Waals surface area contributed by atoms with Gasteiger partial charge in [-0.05, 0) is 30.5 Å². The van der Waals surface area contributed by atoms with E-state index < -0.39 is 0 Å². The van der Waals surface area contributed by atoms with E-state index in [9.17, 15) is 0 Å². The van der Waals surface area contributed by atoms with Crippen molar-refractivity contribution >= 4 is 22.6 Å². The first-order chi connectivity index (χ1) is 9.85. The molecule has 110 valence electrons. The van der Waals surface area contributed by atoms with Crippen molar-refractivity contribution in [3.05, 3.63) is 23.8 Å². The second-order valence-electron chi connectivity index (χ2n) is 5.37. The van der Waals surface area contributed by atoms with Crippen LogP contribution in [0.4, 0.5) is 0 Å². The maximum Gasteiger partial charge on any atom is 0.161 e. The van der Waals surface area contributed by atoms with E-state index in [1.807, 2.05) is 6.07 Å². The highest BCUT2D eigenvalue weighted by Gasteiger charge is 2.18. The highest BCUT2D eigenvalue weighted by Crippen LogP contribution is 2.30. The summed E-state index contributed by atoms with van der Waals surface area (Å²) in [6, 6.07) is 6.88. The number of hydrogen-bond donors (Lipinski definition) is 1. The third kappa shape index (κ3) is 3.56. The lowest BCUT2D eigenvalue weighted by atomic mass is 10.1. The SMILES string of the molecule is ICN1CCC(NCc2ccc3c(c2)OCCO3)CC1. The number of likely N-dealkylation sites (tertiary alicyclic amines) is 1. The van der Waals surface area contributed by atoms with Crippen molar-refractivity contribution < 1.29 is 9.47 Å². The minimum absolute atomic E-state index is 0.641. The van der Waals surface area contributed by atoms with Crippen molar-refractivity contribution in [2.75, 3.05) is 30.9 Å². The van der Waals surface area contributed by atoms with Gasteiger partial charge in [-0.3, -0.25) is 4.90 Å². The molecule has 0 radical (unpaired) electrons. The van der Waals surface area contributed by atoms with E-state index in [-0.39, 0.29) is 0 Å². The molecule has 1 saturated heterocycles. The zero-order chi connectivity index (χ0) is 13.8. The predicted octanol–water partition coefficient (Wildman–Crippen LogP) is 2.40. The van der Waals surface area contributed by atoms with Crippen molar-refractivity contribution in [3.63, 3.8) is 0 Å². The molecule has 20 heavy (non-hydrogen) atoms. The van der Waals surface area contributed by atoms with Gasteiger partial charge in [-0.25, -0.2) is 0 Å². The number of nitrogens with zero attached hydrogens (tertiary/aromatic N) is 1. The van der Waals surface area contributed by atoms with Crippen molar-refractivity contribution in [2.45, 2.75) is 25.4 Å².